The average molecular weight is 251 g/mol. The highest BCUT2D eigenvalue weighted by atomic mass is 35.5. The van der Waals surface area contributed by atoms with Gasteiger partial charge in [-0.15, -0.1) is 0 Å². The summed E-state index contributed by atoms with van der Waals surface area (Å²) < 4.78 is 0. The lowest BCUT2D eigenvalue weighted by molar-refractivity contribution is -0.129. The lowest BCUT2D eigenvalue weighted by atomic mass is 10.1. The largest absolute Gasteiger partial charge is 0.273 e. The molecule has 0 fully saturated rings. The van der Waals surface area contributed by atoms with Crippen LogP contribution >= 0.6 is 11.6 Å². The van der Waals surface area contributed by atoms with E-state index in [9.17, 15) is 4.79 Å². The average Bonchev–Trinajstić information content (AvgIpc) is 2.64. The summed E-state index contributed by atoms with van der Waals surface area (Å²) in [6.07, 6.45) is 0.433. The number of halogens is 1. The molecule has 0 N–H and O–H groups in total. The van der Waals surface area contributed by atoms with Crippen molar-refractivity contribution in [2.45, 2.75) is 26.8 Å². The quantitative estimate of drug-likeness (QED) is 0.811. The summed E-state index contributed by atoms with van der Waals surface area (Å²) >= 11 is 6.06. The molecule has 17 heavy (non-hydrogen) atoms. The van der Waals surface area contributed by atoms with Crippen molar-refractivity contribution in [1.29, 1.82) is 0 Å². The third-order valence-corrected chi connectivity index (χ3v) is 3.18. The van der Waals surface area contributed by atoms with Gasteiger partial charge in [0.2, 0.25) is 5.91 Å². The van der Waals surface area contributed by atoms with E-state index < -0.39 is 0 Å². The first kappa shape index (κ1) is 12.1. The molecule has 90 valence electrons. The van der Waals surface area contributed by atoms with E-state index in [-0.39, 0.29) is 5.91 Å². The van der Waals surface area contributed by atoms with Crippen molar-refractivity contribution in [1.82, 2.24) is 5.01 Å². The number of hydrazone groups is 1. The van der Waals surface area contributed by atoms with E-state index in [1.807, 2.05) is 38.1 Å². The Labute approximate surface area is 106 Å². The Hall–Kier alpha value is -1.35. The molecule has 0 atom stereocenters. The molecule has 0 aromatic heterocycles. The third kappa shape index (κ3) is 2.67. The number of hydrogen-bond acceptors (Lipinski definition) is 2. The van der Waals surface area contributed by atoms with Crippen LogP contribution in [0.4, 0.5) is 0 Å². The van der Waals surface area contributed by atoms with Gasteiger partial charge in [-0.25, -0.2) is 5.01 Å². The van der Waals surface area contributed by atoms with E-state index in [4.69, 9.17) is 11.6 Å². The van der Waals surface area contributed by atoms with Crippen molar-refractivity contribution in [3.63, 3.8) is 0 Å². The maximum absolute atomic E-state index is 11.8. The maximum atomic E-state index is 11.8. The standard InChI is InChI=1S/C13H15ClN2O/c1-9(2)12-7-13(17)16(15-12)8-10-5-3-4-6-11(10)14/h3-6,9H,7-8H2,1-2H3. The Morgan fingerprint density at radius 3 is 2.71 bits per heavy atom. The second-order valence-corrected chi connectivity index (χ2v) is 4.87. The van der Waals surface area contributed by atoms with Crippen LogP contribution in [-0.2, 0) is 11.3 Å². The highest BCUT2D eigenvalue weighted by Crippen LogP contribution is 2.21. The summed E-state index contributed by atoms with van der Waals surface area (Å²) in [5.41, 5.74) is 1.87. The van der Waals surface area contributed by atoms with Crippen LogP contribution < -0.4 is 0 Å². The van der Waals surface area contributed by atoms with Crippen LogP contribution in [0.5, 0.6) is 0 Å². The first-order chi connectivity index (χ1) is 8.08. The highest BCUT2D eigenvalue weighted by Gasteiger charge is 2.25. The van der Waals surface area contributed by atoms with E-state index in [0.717, 1.165) is 11.3 Å². The molecular formula is C13H15ClN2O. The molecule has 0 radical (unpaired) electrons. The fraction of sp³-hybridized carbons (Fsp3) is 0.385. The van der Waals surface area contributed by atoms with Gasteiger partial charge in [0.15, 0.2) is 0 Å². The zero-order valence-corrected chi connectivity index (χ0v) is 10.7. The molecule has 0 saturated heterocycles. The normalized spacial score (nSPS) is 15.6. The van der Waals surface area contributed by atoms with Crippen molar-refractivity contribution in [3.05, 3.63) is 34.9 Å². The molecule has 0 spiro atoms. The number of nitrogens with zero attached hydrogens (tertiary/aromatic N) is 2. The van der Waals surface area contributed by atoms with Gasteiger partial charge < -0.3 is 0 Å². The third-order valence-electron chi connectivity index (χ3n) is 2.81. The molecule has 0 unspecified atom stereocenters. The van der Waals surface area contributed by atoms with Crippen LogP contribution in [0.15, 0.2) is 29.4 Å². The second kappa shape index (κ2) is 4.88. The van der Waals surface area contributed by atoms with Crippen LogP contribution in [0.1, 0.15) is 25.8 Å². The summed E-state index contributed by atoms with van der Waals surface area (Å²) in [7, 11) is 0. The molecular weight excluding hydrogens is 236 g/mol. The van der Waals surface area contributed by atoms with Gasteiger partial charge in [-0.2, -0.15) is 5.10 Å². The topological polar surface area (TPSA) is 32.7 Å². The molecule has 1 aliphatic heterocycles. The van der Waals surface area contributed by atoms with Crippen LogP contribution in [0.3, 0.4) is 0 Å². The monoisotopic (exact) mass is 250 g/mol. The molecule has 3 nitrogen and oxygen atoms in total. The van der Waals surface area contributed by atoms with Crippen molar-refractivity contribution < 1.29 is 4.79 Å². The molecule has 1 aromatic carbocycles. The van der Waals surface area contributed by atoms with Gasteiger partial charge in [-0.1, -0.05) is 43.6 Å². The summed E-state index contributed by atoms with van der Waals surface area (Å²) in [6.45, 7) is 4.55. The Balaban J connectivity index is 2.15. The van der Waals surface area contributed by atoms with Gasteiger partial charge >= 0.3 is 0 Å². The van der Waals surface area contributed by atoms with E-state index in [2.05, 4.69) is 5.10 Å². The van der Waals surface area contributed by atoms with Gasteiger partial charge in [0.05, 0.1) is 18.7 Å². The van der Waals surface area contributed by atoms with Crippen LogP contribution in [0.2, 0.25) is 5.02 Å². The number of carbonyl (C=O) groups excluding carboxylic acids is 1. The fourth-order valence-electron chi connectivity index (χ4n) is 1.72. The molecule has 0 saturated carbocycles. The number of benzene rings is 1. The van der Waals surface area contributed by atoms with Crippen molar-refractivity contribution in [3.8, 4) is 0 Å². The minimum Gasteiger partial charge on any atom is -0.273 e. The molecule has 1 aromatic rings. The van der Waals surface area contributed by atoms with E-state index in [1.54, 1.807) is 0 Å². The number of carbonyl (C=O) groups is 1. The van der Waals surface area contributed by atoms with Crippen LogP contribution in [0, 0.1) is 5.92 Å². The van der Waals surface area contributed by atoms with Gasteiger partial charge in [0, 0.05) is 5.02 Å². The highest BCUT2D eigenvalue weighted by molar-refractivity contribution is 6.31. The summed E-state index contributed by atoms with van der Waals surface area (Å²) in [5.74, 6) is 0.365. The van der Waals surface area contributed by atoms with Gasteiger partial charge in [-0.05, 0) is 17.5 Å². The number of rotatable bonds is 3. The van der Waals surface area contributed by atoms with Crippen molar-refractivity contribution >= 4 is 23.2 Å². The van der Waals surface area contributed by atoms with E-state index >= 15 is 0 Å². The molecule has 0 bridgehead atoms. The van der Waals surface area contributed by atoms with Crippen LogP contribution in [-0.4, -0.2) is 16.6 Å². The minimum atomic E-state index is 0.0496. The predicted molar refractivity (Wildman–Crippen MR) is 68.9 cm³/mol. The number of hydrogen-bond donors (Lipinski definition) is 0. The Kier molecular flexibility index (Phi) is 3.48. The molecule has 2 rings (SSSR count). The SMILES string of the molecule is CC(C)C1=NN(Cc2ccccc2Cl)C(=O)C1. The lowest BCUT2D eigenvalue weighted by Crippen LogP contribution is -2.20. The lowest BCUT2D eigenvalue weighted by Gasteiger charge is -2.12. The fourth-order valence-corrected chi connectivity index (χ4v) is 1.92. The second-order valence-electron chi connectivity index (χ2n) is 4.47. The molecule has 1 amide bonds. The molecule has 4 heteroatoms. The maximum Gasteiger partial charge on any atom is 0.248 e. The minimum absolute atomic E-state index is 0.0496. The zero-order valence-electron chi connectivity index (χ0n) is 9.98. The smallest absolute Gasteiger partial charge is 0.248 e. The first-order valence-electron chi connectivity index (χ1n) is 5.69. The Bertz CT molecular complexity index is 468. The molecule has 1 heterocycles. The summed E-state index contributed by atoms with van der Waals surface area (Å²) in [5, 5.41) is 6.53. The number of amides is 1. The predicted octanol–water partition coefficient (Wildman–Crippen LogP) is 3.08. The Morgan fingerprint density at radius 1 is 1.41 bits per heavy atom. The molecule has 0 aliphatic carbocycles. The van der Waals surface area contributed by atoms with Gasteiger partial charge in [0.25, 0.3) is 0 Å². The Morgan fingerprint density at radius 2 is 2.12 bits per heavy atom. The van der Waals surface area contributed by atoms with Crippen molar-refractivity contribution in [2.75, 3.05) is 0 Å². The molecule has 1 aliphatic rings. The van der Waals surface area contributed by atoms with Crippen LogP contribution in [0.25, 0.3) is 0 Å². The van der Waals surface area contributed by atoms with Gasteiger partial charge in [-0.3, -0.25) is 4.79 Å². The summed E-state index contributed by atoms with van der Waals surface area (Å²) in [4.78, 5) is 11.8. The summed E-state index contributed by atoms with van der Waals surface area (Å²) in [6, 6.07) is 7.53. The van der Waals surface area contributed by atoms with E-state index in [0.29, 0.717) is 23.9 Å². The first-order valence-corrected chi connectivity index (χ1v) is 6.07. The van der Waals surface area contributed by atoms with Gasteiger partial charge in [0.1, 0.15) is 0 Å². The zero-order chi connectivity index (χ0) is 12.4. The van der Waals surface area contributed by atoms with E-state index in [1.165, 1.54) is 5.01 Å². The van der Waals surface area contributed by atoms with Crippen molar-refractivity contribution in [2.24, 2.45) is 11.0 Å².